The summed E-state index contributed by atoms with van der Waals surface area (Å²) in [7, 11) is 0. The van der Waals surface area contributed by atoms with Gasteiger partial charge >= 0.3 is 0 Å². The first-order valence-electron chi connectivity index (χ1n) is 5.81. The second-order valence-corrected chi connectivity index (χ2v) is 4.58. The van der Waals surface area contributed by atoms with Crippen molar-refractivity contribution < 1.29 is 4.79 Å². The zero-order valence-corrected chi connectivity index (χ0v) is 9.62. The summed E-state index contributed by atoms with van der Waals surface area (Å²) in [5.41, 5.74) is 8.10. The van der Waals surface area contributed by atoms with Gasteiger partial charge in [-0.15, -0.1) is 0 Å². The highest BCUT2D eigenvalue weighted by Crippen LogP contribution is 2.25. The average Bonchev–Trinajstić information content (AvgIpc) is 2.19. The summed E-state index contributed by atoms with van der Waals surface area (Å²) in [6.07, 6.45) is 3.81. The van der Waals surface area contributed by atoms with Crippen LogP contribution in [0, 0.1) is 12.8 Å². The smallest absolute Gasteiger partial charge is 0.251 e. The van der Waals surface area contributed by atoms with Crippen LogP contribution in [-0.2, 0) is 0 Å². The number of nitrogens with two attached hydrogens (primary N) is 1. The van der Waals surface area contributed by atoms with Crippen LogP contribution in [0.5, 0.6) is 0 Å². The number of hydrogen-bond donors (Lipinski definition) is 2. The van der Waals surface area contributed by atoms with Gasteiger partial charge in [0.25, 0.3) is 5.91 Å². The summed E-state index contributed by atoms with van der Waals surface area (Å²) in [4.78, 5) is 11.8. The van der Waals surface area contributed by atoms with Crippen molar-refractivity contribution in [1.29, 1.82) is 0 Å². The topological polar surface area (TPSA) is 55.1 Å². The summed E-state index contributed by atoms with van der Waals surface area (Å²) in [5.74, 6) is 0.703. The molecule has 0 unspecified atom stereocenters. The van der Waals surface area contributed by atoms with Gasteiger partial charge in [0.15, 0.2) is 0 Å². The van der Waals surface area contributed by atoms with E-state index in [4.69, 9.17) is 5.73 Å². The van der Waals surface area contributed by atoms with E-state index in [1.165, 1.54) is 19.3 Å². The van der Waals surface area contributed by atoms with Crippen molar-refractivity contribution in [2.75, 3.05) is 12.3 Å². The van der Waals surface area contributed by atoms with E-state index < -0.39 is 0 Å². The fourth-order valence-electron chi connectivity index (χ4n) is 1.85. The lowest BCUT2D eigenvalue weighted by atomic mass is 9.85. The Morgan fingerprint density at radius 2 is 2.25 bits per heavy atom. The Kier molecular flexibility index (Phi) is 3.13. The maximum absolute atomic E-state index is 11.8. The van der Waals surface area contributed by atoms with Gasteiger partial charge in [-0.2, -0.15) is 0 Å². The van der Waals surface area contributed by atoms with Gasteiger partial charge in [0, 0.05) is 17.8 Å². The van der Waals surface area contributed by atoms with E-state index in [-0.39, 0.29) is 5.91 Å². The fourth-order valence-corrected chi connectivity index (χ4v) is 1.85. The first-order chi connectivity index (χ1) is 7.66. The number of nitrogens with one attached hydrogen (secondary N) is 1. The van der Waals surface area contributed by atoms with Crippen molar-refractivity contribution in [2.24, 2.45) is 5.92 Å². The SMILES string of the molecule is Cc1cc(C(=O)NCC2CCC2)ccc1N. The zero-order chi connectivity index (χ0) is 11.5. The predicted molar refractivity (Wildman–Crippen MR) is 65.3 cm³/mol. The van der Waals surface area contributed by atoms with Crippen molar-refractivity contribution in [3.63, 3.8) is 0 Å². The number of anilines is 1. The van der Waals surface area contributed by atoms with Gasteiger partial charge in [0.1, 0.15) is 0 Å². The van der Waals surface area contributed by atoms with Crippen molar-refractivity contribution in [3.8, 4) is 0 Å². The summed E-state index contributed by atoms with van der Waals surface area (Å²) in [6, 6.07) is 5.40. The summed E-state index contributed by atoms with van der Waals surface area (Å²) < 4.78 is 0. The lowest BCUT2D eigenvalue weighted by molar-refractivity contribution is 0.0939. The van der Waals surface area contributed by atoms with Crippen LogP contribution in [0.1, 0.15) is 35.2 Å². The average molecular weight is 218 g/mol. The third-order valence-electron chi connectivity index (χ3n) is 3.31. The highest BCUT2D eigenvalue weighted by Gasteiger charge is 2.18. The molecule has 1 aliphatic carbocycles. The van der Waals surface area contributed by atoms with Gasteiger partial charge in [-0.25, -0.2) is 0 Å². The Morgan fingerprint density at radius 3 is 2.81 bits per heavy atom. The molecule has 1 aromatic rings. The number of nitrogen functional groups attached to an aromatic ring is 1. The number of carbonyl (C=O) groups is 1. The van der Waals surface area contributed by atoms with Crippen LogP contribution in [0.2, 0.25) is 0 Å². The van der Waals surface area contributed by atoms with Crippen LogP contribution < -0.4 is 11.1 Å². The van der Waals surface area contributed by atoms with Crippen LogP contribution in [0.3, 0.4) is 0 Å². The maximum Gasteiger partial charge on any atom is 0.251 e. The molecule has 1 amide bonds. The van der Waals surface area contributed by atoms with Gasteiger partial charge in [0.05, 0.1) is 0 Å². The van der Waals surface area contributed by atoms with E-state index in [9.17, 15) is 4.79 Å². The molecule has 0 aliphatic heterocycles. The highest BCUT2D eigenvalue weighted by atomic mass is 16.1. The van der Waals surface area contributed by atoms with E-state index >= 15 is 0 Å². The van der Waals surface area contributed by atoms with E-state index in [1.54, 1.807) is 12.1 Å². The lowest BCUT2D eigenvalue weighted by Gasteiger charge is -2.25. The maximum atomic E-state index is 11.8. The lowest BCUT2D eigenvalue weighted by Crippen LogP contribution is -2.32. The summed E-state index contributed by atoms with van der Waals surface area (Å²) in [5, 5.41) is 2.97. The van der Waals surface area contributed by atoms with Gasteiger partial charge in [-0.1, -0.05) is 6.42 Å². The molecule has 2 rings (SSSR count). The largest absolute Gasteiger partial charge is 0.399 e. The number of amides is 1. The summed E-state index contributed by atoms with van der Waals surface area (Å²) in [6.45, 7) is 2.72. The predicted octanol–water partition coefficient (Wildman–Crippen LogP) is 2.11. The number of benzene rings is 1. The fraction of sp³-hybridized carbons (Fsp3) is 0.462. The van der Waals surface area contributed by atoms with Crippen molar-refractivity contribution in [2.45, 2.75) is 26.2 Å². The molecule has 0 saturated heterocycles. The highest BCUT2D eigenvalue weighted by molar-refractivity contribution is 5.94. The number of rotatable bonds is 3. The van der Waals surface area contributed by atoms with Crippen LogP contribution in [0.4, 0.5) is 5.69 Å². The van der Waals surface area contributed by atoms with E-state index in [0.29, 0.717) is 11.5 Å². The molecule has 0 radical (unpaired) electrons. The summed E-state index contributed by atoms with van der Waals surface area (Å²) >= 11 is 0. The molecule has 1 aliphatic rings. The van der Waals surface area contributed by atoms with Gasteiger partial charge in [-0.3, -0.25) is 4.79 Å². The third-order valence-corrected chi connectivity index (χ3v) is 3.31. The molecule has 3 nitrogen and oxygen atoms in total. The zero-order valence-electron chi connectivity index (χ0n) is 9.62. The second-order valence-electron chi connectivity index (χ2n) is 4.58. The monoisotopic (exact) mass is 218 g/mol. The molecule has 16 heavy (non-hydrogen) atoms. The molecule has 0 atom stereocenters. The Morgan fingerprint density at radius 1 is 1.50 bits per heavy atom. The molecule has 1 aromatic carbocycles. The van der Waals surface area contributed by atoms with Crippen LogP contribution in [0.25, 0.3) is 0 Å². The van der Waals surface area contributed by atoms with E-state index in [2.05, 4.69) is 5.32 Å². The Hall–Kier alpha value is -1.51. The Bertz CT molecular complexity index is 397. The number of aryl methyl sites for hydroxylation is 1. The van der Waals surface area contributed by atoms with Gasteiger partial charge in [0.2, 0.25) is 0 Å². The second kappa shape index (κ2) is 4.56. The normalized spacial score (nSPS) is 15.6. The van der Waals surface area contributed by atoms with E-state index in [0.717, 1.165) is 17.8 Å². The molecule has 0 heterocycles. The van der Waals surface area contributed by atoms with Crippen LogP contribution >= 0.6 is 0 Å². The van der Waals surface area contributed by atoms with Crippen molar-refractivity contribution in [3.05, 3.63) is 29.3 Å². The Balaban J connectivity index is 1.94. The van der Waals surface area contributed by atoms with Gasteiger partial charge < -0.3 is 11.1 Å². The minimum absolute atomic E-state index is 0.00926. The first kappa shape index (κ1) is 11.0. The molecule has 1 fully saturated rings. The van der Waals surface area contributed by atoms with Gasteiger partial charge in [-0.05, 0) is 49.4 Å². The molecule has 86 valence electrons. The third kappa shape index (κ3) is 2.35. The molecule has 0 bridgehead atoms. The standard InChI is InChI=1S/C13H18N2O/c1-9-7-11(5-6-12(9)14)13(16)15-8-10-3-2-4-10/h5-7,10H,2-4,8,14H2,1H3,(H,15,16). The minimum atomic E-state index is 0.00926. The molecular weight excluding hydrogens is 200 g/mol. The van der Waals surface area contributed by atoms with E-state index in [1.807, 2.05) is 13.0 Å². The van der Waals surface area contributed by atoms with Crippen LogP contribution in [-0.4, -0.2) is 12.5 Å². The number of hydrogen-bond acceptors (Lipinski definition) is 2. The van der Waals surface area contributed by atoms with Crippen LogP contribution in [0.15, 0.2) is 18.2 Å². The minimum Gasteiger partial charge on any atom is -0.399 e. The Labute approximate surface area is 96.0 Å². The molecular formula is C13H18N2O. The first-order valence-corrected chi connectivity index (χ1v) is 5.81. The molecule has 1 saturated carbocycles. The molecule has 0 spiro atoms. The molecule has 0 aromatic heterocycles. The molecule has 3 heteroatoms. The molecule has 3 N–H and O–H groups in total. The number of carbonyl (C=O) groups excluding carboxylic acids is 1. The quantitative estimate of drug-likeness (QED) is 0.763. The van der Waals surface area contributed by atoms with Crippen molar-refractivity contribution in [1.82, 2.24) is 5.32 Å². The van der Waals surface area contributed by atoms with Crippen molar-refractivity contribution >= 4 is 11.6 Å².